The number of aryl methyl sites for hydroxylation is 1. The fraction of sp³-hybridized carbons (Fsp3) is 0.231. The summed E-state index contributed by atoms with van der Waals surface area (Å²) in [7, 11) is 3.13. The van der Waals surface area contributed by atoms with E-state index in [9.17, 15) is 4.79 Å². The molecule has 0 spiro atoms. The van der Waals surface area contributed by atoms with E-state index in [2.05, 4.69) is 4.98 Å². The summed E-state index contributed by atoms with van der Waals surface area (Å²) in [6.45, 7) is 1.92. The molecule has 5 nitrogen and oxygen atoms in total. The number of aromatic nitrogens is 1. The van der Waals surface area contributed by atoms with Gasteiger partial charge in [0.05, 0.1) is 14.2 Å². The van der Waals surface area contributed by atoms with Crippen LogP contribution in [0, 0.1) is 6.92 Å². The fourth-order valence-corrected chi connectivity index (χ4v) is 2.58. The Morgan fingerprint density at radius 2 is 1.89 bits per heavy atom. The highest BCUT2D eigenvalue weighted by Gasteiger charge is 2.15. The molecule has 0 unspecified atom stereocenters. The molecular weight excluding hydrogens is 266 g/mol. The summed E-state index contributed by atoms with van der Waals surface area (Å²) in [6.07, 6.45) is 0. The number of ether oxygens (including phenoxy) is 2. The van der Waals surface area contributed by atoms with E-state index < -0.39 is 5.97 Å². The van der Waals surface area contributed by atoms with Gasteiger partial charge >= 0.3 is 5.97 Å². The zero-order chi connectivity index (χ0) is 14.0. The number of aromatic carboxylic acids is 1. The Morgan fingerprint density at radius 1 is 1.26 bits per heavy atom. The third kappa shape index (κ3) is 2.53. The van der Waals surface area contributed by atoms with Crippen LogP contribution in [0.3, 0.4) is 0 Å². The Bertz CT molecular complexity index is 621. The number of nitrogens with zero attached hydrogens (tertiary/aromatic N) is 1. The van der Waals surface area contributed by atoms with E-state index >= 15 is 0 Å². The number of hydrogen-bond donors (Lipinski definition) is 1. The lowest BCUT2D eigenvalue weighted by Crippen LogP contribution is -1.96. The van der Waals surface area contributed by atoms with Crippen LogP contribution in [0.4, 0.5) is 0 Å². The Hall–Kier alpha value is -2.08. The Balaban J connectivity index is 2.51. The third-order valence-corrected chi connectivity index (χ3v) is 3.56. The molecule has 0 aliphatic heterocycles. The first kappa shape index (κ1) is 13.4. The molecule has 0 atom stereocenters. The molecule has 0 radical (unpaired) electrons. The van der Waals surface area contributed by atoms with Crippen LogP contribution in [0.1, 0.15) is 16.1 Å². The van der Waals surface area contributed by atoms with Gasteiger partial charge in [-0.15, -0.1) is 11.3 Å². The minimum atomic E-state index is -1.03. The zero-order valence-corrected chi connectivity index (χ0v) is 11.6. The van der Waals surface area contributed by atoms with Crippen molar-refractivity contribution < 1.29 is 19.4 Å². The van der Waals surface area contributed by atoms with Gasteiger partial charge in [0.1, 0.15) is 5.01 Å². The van der Waals surface area contributed by atoms with Crippen LogP contribution in [0.15, 0.2) is 17.5 Å². The summed E-state index contributed by atoms with van der Waals surface area (Å²) in [4.78, 5) is 14.9. The molecule has 1 N–H and O–H groups in total. The Labute approximate surface area is 114 Å². The van der Waals surface area contributed by atoms with Crippen molar-refractivity contribution in [2.45, 2.75) is 6.92 Å². The summed E-state index contributed by atoms with van der Waals surface area (Å²) in [5.41, 5.74) is 1.84. The highest BCUT2D eigenvalue weighted by atomic mass is 32.1. The lowest BCUT2D eigenvalue weighted by atomic mass is 10.1. The monoisotopic (exact) mass is 279 g/mol. The van der Waals surface area contributed by atoms with Gasteiger partial charge < -0.3 is 14.6 Å². The van der Waals surface area contributed by atoms with Gasteiger partial charge in [-0.1, -0.05) is 0 Å². The number of methoxy groups -OCH3 is 2. The van der Waals surface area contributed by atoms with Crippen molar-refractivity contribution in [2.24, 2.45) is 0 Å². The topological polar surface area (TPSA) is 68.7 Å². The van der Waals surface area contributed by atoms with Gasteiger partial charge in [0.2, 0.25) is 0 Å². The molecule has 0 saturated heterocycles. The van der Waals surface area contributed by atoms with Crippen molar-refractivity contribution in [1.82, 2.24) is 4.98 Å². The van der Waals surface area contributed by atoms with Crippen molar-refractivity contribution in [1.29, 1.82) is 0 Å². The van der Waals surface area contributed by atoms with Crippen molar-refractivity contribution in [3.63, 3.8) is 0 Å². The predicted molar refractivity (Wildman–Crippen MR) is 72.4 cm³/mol. The van der Waals surface area contributed by atoms with E-state index in [1.165, 1.54) is 16.7 Å². The Morgan fingerprint density at radius 3 is 2.42 bits per heavy atom. The van der Waals surface area contributed by atoms with Crippen LogP contribution in [-0.4, -0.2) is 30.3 Å². The van der Waals surface area contributed by atoms with Crippen molar-refractivity contribution in [2.75, 3.05) is 14.2 Å². The SMILES string of the molecule is COc1cc(C)c(-c2nc(C(=O)O)cs2)cc1OC. The maximum atomic E-state index is 10.9. The second-order valence-corrected chi connectivity index (χ2v) is 4.72. The number of carbonyl (C=O) groups is 1. The highest BCUT2D eigenvalue weighted by molar-refractivity contribution is 7.13. The number of thiazole rings is 1. The van der Waals surface area contributed by atoms with Crippen molar-refractivity contribution in [3.8, 4) is 22.1 Å². The summed E-state index contributed by atoms with van der Waals surface area (Å²) >= 11 is 1.29. The molecule has 19 heavy (non-hydrogen) atoms. The first-order valence-corrected chi connectivity index (χ1v) is 6.36. The largest absolute Gasteiger partial charge is 0.493 e. The van der Waals surface area contributed by atoms with E-state index in [0.29, 0.717) is 16.5 Å². The van der Waals surface area contributed by atoms with Crippen LogP contribution in [0.5, 0.6) is 11.5 Å². The highest BCUT2D eigenvalue weighted by Crippen LogP contribution is 2.36. The van der Waals surface area contributed by atoms with Gasteiger partial charge in [-0.05, 0) is 24.6 Å². The van der Waals surface area contributed by atoms with E-state index in [0.717, 1.165) is 11.1 Å². The van der Waals surface area contributed by atoms with Gasteiger partial charge in [0.15, 0.2) is 17.2 Å². The smallest absolute Gasteiger partial charge is 0.355 e. The lowest BCUT2D eigenvalue weighted by molar-refractivity contribution is 0.0691. The Kier molecular flexibility index (Phi) is 3.71. The van der Waals surface area contributed by atoms with Crippen LogP contribution < -0.4 is 9.47 Å². The summed E-state index contributed by atoms with van der Waals surface area (Å²) in [5, 5.41) is 11.1. The van der Waals surface area contributed by atoms with Crippen LogP contribution in [0.25, 0.3) is 10.6 Å². The number of rotatable bonds is 4. The molecule has 1 aromatic heterocycles. The van der Waals surface area contributed by atoms with Gasteiger partial charge in [-0.3, -0.25) is 0 Å². The van der Waals surface area contributed by atoms with Gasteiger partial charge in [0.25, 0.3) is 0 Å². The van der Waals surface area contributed by atoms with E-state index in [4.69, 9.17) is 14.6 Å². The van der Waals surface area contributed by atoms with Crippen LogP contribution in [-0.2, 0) is 0 Å². The summed E-state index contributed by atoms with van der Waals surface area (Å²) in [6, 6.07) is 3.65. The van der Waals surface area contributed by atoms with Gasteiger partial charge in [-0.2, -0.15) is 0 Å². The van der Waals surface area contributed by atoms with E-state index in [1.807, 2.05) is 13.0 Å². The first-order chi connectivity index (χ1) is 9.06. The minimum Gasteiger partial charge on any atom is -0.493 e. The van der Waals surface area contributed by atoms with Crippen molar-refractivity contribution in [3.05, 3.63) is 28.8 Å². The third-order valence-electron chi connectivity index (χ3n) is 2.68. The fourth-order valence-electron chi connectivity index (χ4n) is 1.71. The molecule has 0 fully saturated rings. The number of carboxylic acids is 1. The predicted octanol–water partition coefficient (Wildman–Crippen LogP) is 2.83. The van der Waals surface area contributed by atoms with Crippen molar-refractivity contribution >= 4 is 17.3 Å². The maximum Gasteiger partial charge on any atom is 0.355 e. The molecule has 100 valence electrons. The molecule has 0 bridgehead atoms. The number of benzene rings is 1. The minimum absolute atomic E-state index is 0.0502. The zero-order valence-electron chi connectivity index (χ0n) is 10.8. The standard InChI is InChI=1S/C13H13NO4S/c1-7-4-10(17-2)11(18-3)5-8(7)12-14-9(6-19-12)13(15)16/h4-6H,1-3H3,(H,15,16). The summed E-state index contributed by atoms with van der Waals surface area (Å²) in [5.74, 6) is 0.203. The lowest BCUT2D eigenvalue weighted by Gasteiger charge is -2.11. The van der Waals surface area contributed by atoms with Crippen LogP contribution in [0.2, 0.25) is 0 Å². The second kappa shape index (κ2) is 5.27. The summed E-state index contributed by atoms with van der Waals surface area (Å²) < 4.78 is 10.5. The average molecular weight is 279 g/mol. The van der Waals surface area contributed by atoms with E-state index in [1.54, 1.807) is 20.3 Å². The first-order valence-electron chi connectivity index (χ1n) is 5.48. The molecule has 1 heterocycles. The molecule has 0 saturated carbocycles. The maximum absolute atomic E-state index is 10.9. The molecule has 2 aromatic rings. The second-order valence-electron chi connectivity index (χ2n) is 3.87. The molecular formula is C13H13NO4S. The molecule has 2 rings (SSSR count). The number of hydrogen-bond acceptors (Lipinski definition) is 5. The van der Waals surface area contributed by atoms with Crippen LogP contribution >= 0.6 is 11.3 Å². The molecule has 0 amide bonds. The van der Waals surface area contributed by atoms with E-state index in [-0.39, 0.29) is 5.69 Å². The molecule has 6 heteroatoms. The molecule has 0 aliphatic rings. The normalized spacial score (nSPS) is 10.3. The molecule has 0 aliphatic carbocycles. The van der Waals surface area contributed by atoms with Gasteiger partial charge in [0, 0.05) is 10.9 Å². The molecule has 1 aromatic carbocycles. The average Bonchev–Trinajstić information content (AvgIpc) is 2.87. The quantitative estimate of drug-likeness (QED) is 0.932. The van der Waals surface area contributed by atoms with Gasteiger partial charge in [-0.25, -0.2) is 9.78 Å². The number of carboxylic acid groups (broad SMARTS) is 1.